The average Bonchev–Trinajstić information content (AvgIpc) is 4.03. The average molecular weight is 805 g/mol. The molecule has 0 aliphatic carbocycles. The number of nitrogens with zero attached hydrogens (tertiary/aromatic N) is 2. The third kappa shape index (κ3) is 5.80. The van der Waals surface area contributed by atoms with Crippen LogP contribution in [0.2, 0.25) is 0 Å². The number of para-hydroxylation sites is 3. The lowest BCUT2D eigenvalue weighted by Crippen LogP contribution is -1.92. The van der Waals surface area contributed by atoms with Crippen molar-refractivity contribution in [3.8, 4) is 61.6 Å². The zero-order valence-electron chi connectivity index (χ0n) is 34.0. The zero-order chi connectivity index (χ0) is 41.4. The van der Waals surface area contributed by atoms with E-state index in [0.717, 1.165) is 94.3 Å². The lowest BCUT2D eigenvalue weighted by atomic mass is 9.96. The van der Waals surface area contributed by atoms with Crippen molar-refractivity contribution in [1.82, 2.24) is 9.55 Å². The Morgan fingerprint density at radius 1 is 0.302 bits per heavy atom. The first-order valence-corrected chi connectivity index (χ1v) is 21.3. The van der Waals surface area contributed by atoms with Gasteiger partial charge in [-0.05, 0) is 112 Å². The molecule has 4 heteroatoms. The Bertz CT molecular complexity index is 3890. The van der Waals surface area contributed by atoms with E-state index in [2.05, 4.69) is 211 Å². The fourth-order valence-corrected chi connectivity index (χ4v) is 9.58. The van der Waals surface area contributed by atoms with E-state index in [4.69, 9.17) is 13.8 Å². The Labute approximate surface area is 362 Å². The Kier molecular flexibility index (Phi) is 7.87. The molecule has 294 valence electrons. The summed E-state index contributed by atoms with van der Waals surface area (Å²) in [6.45, 7) is 0. The van der Waals surface area contributed by atoms with Crippen molar-refractivity contribution in [2.45, 2.75) is 0 Å². The van der Waals surface area contributed by atoms with Gasteiger partial charge in [-0.15, -0.1) is 0 Å². The smallest absolute Gasteiger partial charge is 0.136 e. The maximum Gasteiger partial charge on any atom is 0.136 e. The van der Waals surface area contributed by atoms with Crippen molar-refractivity contribution in [2.75, 3.05) is 0 Å². The number of fused-ring (bicyclic) bond motifs is 9. The van der Waals surface area contributed by atoms with Crippen LogP contribution < -0.4 is 0 Å². The highest BCUT2D eigenvalue weighted by atomic mass is 16.3. The van der Waals surface area contributed by atoms with E-state index in [0.29, 0.717) is 0 Å². The lowest BCUT2D eigenvalue weighted by molar-refractivity contribution is 0.668. The van der Waals surface area contributed by atoms with Crippen LogP contribution >= 0.6 is 0 Å². The summed E-state index contributed by atoms with van der Waals surface area (Å²) in [5.74, 6) is 0. The van der Waals surface area contributed by atoms with Crippen LogP contribution in [0.3, 0.4) is 0 Å². The third-order valence-corrected chi connectivity index (χ3v) is 12.6. The summed E-state index contributed by atoms with van der Waals surface area (Å²) < 4.78 is 15.2. The van der Waals surface area contributed by atoms with Crippen LogP contribution in [0, 0.1) is 0 Å². The molecule has 0 atom stereocenters. The third-order valence-electron chi connectivity index (χ3n) is 12.6. The monoisotopic (exact) mass is 804 g/mol. The maximum absolute atomic E-state index is 6.54. The normalized spacial score (nSPS) is 11.8. The maximum atomic E-state index is 6.54. The minimum Gasteiger partial charge on any atom is -0.456 e. The van der Waals surface area contributed by atoms with E-state index < -0.39 is 0 Å². The van der Waals surface area contributed by atoms with Crippen molar-refractivity contribution >= 4 is 65.7 Å². The van der Waals surface area contributed by atoms with Gasteiger partial charge in [0.05, 0.1) is 22.4 Å². The molecule has 0 unspecified atom stereocenters. The first kappa shape index (κ1) is 35.3. The van der Waals surface area contributed by atoms with Crippen molar-refractivity contribution in [3.05, 3.63) is 218 Å². The molecule has 13 rings (SSSR count). The van der Waals surface area contributed by atoms with Gasteiger partial charge < -0.3 is 13.4 Å². The predicted molar refractivity (Wildman–Crippen MR) is 260 cm³/mol. The molecule has 4 aromatic heterocycles. The standard InChI is InChI=1S/C59H36N2O2/c1-3-12-37(13-4-1)43-34-51(42-26-29-47-46-17-8-10-20-55(46)63-58(47)36-42)60-52(35-43)48-18-11-21-57-59(48)50-33-41(28-31-56(50)62-57)39-24-22-38(23-25-39)40-27-30-54-49(32-40)45-16-7-9-19-53(45)61(54)44-14-5-2-6-15-44/h1-36H. The molecule has 0 fully saturated rings. The number of rotatable bonds is 6. The van der Waals surface area contributed by atoms with E-state index >= 15 is 0 Å². The van der Waals surface area contributed by atoms with Crippen molar-refractivity contribution < 1.29 is 8.83 Å². The van der Waals surface area contributed by atoms with E-state index in [9.17, 15) is 0 Å². The number of aromatic nitrogens is 2. The molecule has 4 heterocycles. The largest absolute Gasteiger partial charge is 0.456 e. The zero-order valence-corrected chi connectivity index (χ0v) is 34.0. The van der Waals surface area contributed by atoms with Crippen LogP contribution in [0.4, 0.5) is 0 Å². The van der Waals surface area contributed by atoms with Gasteiger partial charge in [0, 0.05) is 49.1 Å². The summed E-state index contributed by atoms with van der Waals surface area (Å²) in [6.07, 6.45) is 0. The van der Waals surface area contributed by atoms with Crippen LogP contribution in [0.15, 0.2) is 227 Å². The molecule has 0 N–H and O–H groups in total. The minimum atomic E-state index is 0.830. The SMILES string of the molecule is c1ccc(-c2cc(-c3ccc4c(c3)oc3ccccc34)nc(-c3cccc4oc5ccc(-c6ccc(-c7ccc8c(c7)c7ccccc7n8-c7ccccc7)cc6)cc5c34)c2)cc1. The fraction of sp³-hybridized carbons (Fsp3) is 0. The second kappa shape index (κ2) is 14.1. The summed E-state index contributed by atoms with van der Waals surface area (Å²) >= 11 is 0. The van der Waals surface area contributed by atoms with Gasteiger partial charge in [-0.3, -0.25) is 0 Å². The number of hydrogen-bond acceptors (Lipinski definition) is 3. The second-order valence-electron chi connectivity index (χ2n) is 16.3. The van der Waals surface area contributed by atoms with Gasteiger partial charge in [0.2, 0.25) is 0 Å². The highest BCUT2D eigenvalue weighted by Crippen LogP contribution is 2.41. The molecule has 0 aliphatic rings. The molecule has 0 amide bonds. The van der Waals surface area contributed by atoms with E-state index in [-0.39, 0.29) is 0 Å². The van der Waals surface area contributed by atoms with Gasteiger partial charge >= 0.3 is 0 Å². The Morgan fingerprint density at radius 2 is 0.873 bits per heavy atom. The van der Waals surface area contributed by atoms with Crippen LogP contribution in [0.25, 0.3) is 127 Å². The predicted octanol–water partition coefficient (Wildman–Crippen LogP) is 16.3. The molecule has 0 spiro atoms. The second-order valence-corrected chi connectivity index (χ2v) is 16.3. The highest BCUT2D eigenvalue weighted by Gasteiger charge is 2.18. The van der Waals surface area contributed by atoms with E-state index in [1.165, 1.54) is 32.9 Å². The van der Waals surface area contributed by atoms with Crippen LogP contribution in [0.1, 0.15) is 0 Å². The fourth-order valence-electron chi connectivity index (χ4n) is 9.58. The van der Waals surface area contributed by atoms with Gasteiger partial charge in [-0.25, -0.2) is 4.98 Å². The van der Waals surface area contributed by atoms with Gasteiger partial charge in [-0.1, -0.05) is 140 Å². The Balaban J connectivity index is 0.902. The van der Waals surface area contributed by atoms with Crippen molar-refractivity contribution in [1.29, 1.82) is 0 Å². The summed E-state index contributed by atoms with van der Waals surface area (Å²) in [5.41, 5.74) is 17.6. The quantitative estimate of drug-likeness (QED) is 0.168. The minimum absolute atomic E-state index is 0.830. The number of pyridine rings is 1. The molecular formula is C59H36N2O2. The Morgan fingerprint density at radius 3 is 1.70 bits per heavy atom. The number of hydrogen-bond donors (Lipinski definition) is 0. The Hall–Kier alpha value is -8.47. The molecule has 0 saturated carbocycles. The van der Waals surface area contributed by atoms with Crippen LogP contribution in [0.5, 0.6) is 0 Å². The van der Waals surface area contributed by atoms with Crippen LogP contribution in [-0.4, -0.2) is 9.55 Å². The molecule has 4 nitrogen and oxygen atoms in total. The molecule has 0 radical (unpaired) electrons. The number of furan rings is 2. The van der Waals surface area contributed by atoms with Crippen molar-refractivity contribution in [3.63, 3.8) is 0 Å². The van der Waals surface area contributed by atoms with Gasteiger partial charge in [0.25, 0.3) is 0 Å². The van der Waals surface area contributed by atoms with E-state index in [1.54, 1.807) is 0 Å². The number of benzene rings is 9. The van der Waals surface area contributed by atoms with Gasteiger partial charge in [0.15, 0.2) is 0 Å². The van der Waals surface area contributed by atoms with E-state index in [1.807, 2.05) is 12.1 Å². The first-order chi connectivity index (χ1) is 31.2. The molecule has 13 aromatic rings. The van der Waals surface area contributed by atoms with Crippen molar-refractivity contribution in [2.24, 2.45) is 0 Å². The van der Waals surface area contributed by atoms with Crippen LogP contribution in [-0.2, 0) is 0 Å². The molecular weight excluding hydrogens is 769 g/mol. The summed E-state index contributed by atoms with van der Waals surface area (Å²) in [4.78, 5) is 5.38. The first-order valence-electron chi connectivity index (χ1n) is 21.3. The molecule has 9 aromatic carbocycles. The summed E-state index contributed by atoms with van der Waals surface area (Å²) in [6, 6.07) is 77.4. The molecule has 0 bridgehead atoms. The summed E-state index contributed by atoms with van der Waals surface area (Å²) in [7, 11) is 0. The molecule has 63 heavy (non-hydrogen) atoms. The molecule has 0 saturated heterocycles. The molecule has 0 aliphatic heterocycles. The topological polar surface area (TPSA) is 44.1 Å². The van der Waals surface area contributed by atoms with Gasteiger partial charge in [-0.2, -0.15) is 0 Å². The summed E-state index contributed by atoms with van der Waals surface area (Å²) in [5, 5.41) is 6.80. The lowest BCUT2D eigenvalue weighted by Gasteiger charge is -2.11. The van der Waals surface area contributed by atoms with Gasteiger partial charge in [0.1, 0.15) is 22.3 Å². The highest BCUT2D eigenvalue weighted by molar-refractivity contribution is 6.14.